The van der Waals surface area contributed by atoms with Gasteiger partial charge in [-0.2, -0.15) is 0 Å². The Kier molecular flexibility index (Phi) is 4.37. The first-order valence-corrected chi connectivity index (χ1v) is 6.21. The van der Waals surface area contributed by atoms with Gasteiger partial charge in [0, 0.05) is 5.54 Å². The molecule has 0 bridgehead atoms. The van der Waals surface area contributed by atoms with Crippen molar-refractivity contribution in [3.63, 3.8) is 0 Å². The Morgan fingerprint density at radius 1 is 1.59 bits per heavy atom. The first kappa shape index (κ1) is 13.8. The molecule has 1 rings (SSSR count). The number of nitrogens with one attached hydrogen (secondary N) is 1. The predicted octanol–water partition coefficient (Wildman–Crippen LogP) is 1.45. The number of oxime groups is 1. The molecule has 1 saturated carbocycles. The Morgan fingerprint density at radius 3 is 2.59 bits per heavy atom. The van der Waals surface area contributed by atoms with Crippen molar-refractivity contribution in [2.45, 2.75) is 52.0 Å². The molecule has 0 aromatic carbocycles. The summed E-state index contributed by atoms with van der Waals surface area (Å²) in [5, 5.41) is 14.6. The highest BCUT2D eigenvalue weighted by atomic mass is 16.4. The van der Waals surface area contributed by atoms with E-state index in [0.717, 1.165) is 19.3 Å². The van der Waals surface area contributed by atoms with Crippen molar-refractivity contribution >= 4 is 11.7 Å². The lowest BCUT2D eigenvalue weighted by Gasteiger charge is -2.28. The predicted molar refractivity (Wildman–Crippen MR) is 66.8 cm³/mol. The average molecular weight is 241 g/mol. The van der Waals surface area contributed by atoms with Crippen molar-refractivity contribution in [3.05, 3.63) is 0 Å². The highest BCUT2D eigenvalue weighted by molar-refractivity contribution is 6.02. The van der Waals surface area contributed by atoms with Crippen molar-refractivity contribution in [2.24, 2.45) is 22.7 Å². The zero-order valence-corrected chi connectivity index (χ0v) is 10.9. The molecule has 0 saturated heterocycles. The molecule has 0 heterocycles. The number of nitrogens with two attached hydrogens (primary N) is 1. The van der Waals surface area contributed by atoms with Gasteiger partial charge >= 0.3 is 0 Å². The number of carbonyl (C=O) groups is 1. The lowest BCUT2D eigenvalue weighted by Crippen LogP contribution is -2.50. The van der Waals surface area contributed by atoms with E-state index in [-0.39, 0.29) is 17.3 Å². The van der Waals surface area contributed by atoms with Crippen LogP contribution in [0.15, 0.2) is 5.16 Å². The van der Waals surface area contributed by atoms with Crippen LogP contribution in [-0.4, -0.2) is 22.5 Å². The molecule has 1 unspecified atom stereocenters. The number of rotatable bonds is 6. The Bertz CT molecular complexity index is 309. The smallest absolute Gasteiger partial charge is 0.231 e. The molecular weight excluding hydrogens is 218 g/mol. The second-order valence-corrected chi connectivity index (χ2v) is 5.35. The molecule has 5 heteroatoms. The monoisotopic (exact) mass is 241 g/mol. The zero-order valence-electron chi connectivity index (χ0n) is 10.9. The van der Waals surface area contributed by atoms with Gasteiger partial charge < -0.3 is 16.3 Å². The van der Waals surface area contributed by atoms with Gasteiger partial charge in [-0.1, -0.05) is 18.5 Å². The van der Waals surface area contributed by atoms with E-state index in [1.807, 2.05) is 20.8 Å². The molecule has 17 heavy (non-hydrogen) atoms. The fraction of sp³-hybridized carbons (Fsp3) is 0.833. The van der Waals surface area contributed by atoms with Crippen LogP contribution >= 0.6 is 0 Å². The van der Waals surface area contributed by atoms with Crippen LogP contribution in [0.3, 0.4) is 0 Å². The summed E-state index contributed by atoms with van der Waals surface area (Å²) in [6.45, 7) is 6.02. The van der Waals surface area contributed by atoms with Gasteiger partial charge in [0.1, 0.15) is 0 Å². The summed E-state index contributed by atoms with van der Waals surface area (Å²) in [6.07, 6.45) is 3.74. The third kappa shape index (κ3) is 3.61. The summed E-state index contributed by atoms with van der Waals surface area (Å²) in [5.41, 5.74) is 5.36. The molecule has 0 spiro atoms. The lowest BCUT2D eigenvalue weighted by atomic mass is 9.95. The molecule has 1 atom stereocenters. The Hall–Kier alpha value is -1.26. The maximum atomic E-state index is 12.1. The van der Waals surface area contributed by atoms with Crippen LogP contribution in [0.1, 0.15) is 46.5 Å². The van der Waals surface area contributed by atoms with Gasteiger partial charge in [0.15, 0.2) is 5.84 Å². The van der Waals surface area contributed by atoms with Gasteiger partial charge in [-0.05, 0) is 39.0 Å². The van der Waals surface area contributed by atoms with E-state index >= 15 is 0 Å². The van der Waals surface area contributed by atoms with Crippen LogP contribution in [0.25, 0.3) is 0 Å². The molecule has 1 aliphatic rings. The third-order valence-corrected chi connectivity index (χ3v) is 3.41. The van der Waals surface area contributed by atoms with Gasteiger partial charge in [-0.25, -0.2) is 0 Å². The second kappa shape index (κ2) is 5.38. The standard InChI is InChI=1S/C12H23N3O2/c1-4-5-9(10(13)15-17)11(16)14-12(2,3)8-6-7-8/h8-9,17H,4-7H2,1-3H3,(H2,13,15)(H,14,16). The van der Waals surface area contributed by atoms with Crippen LogP contribution < -0.4 is 11.1 Å². The van der Waals surface area contributed by atoms with Gasteiger partial charge in [-0.3, -0.25) is 4.79 Å². The molecule has 98 valence electrons. The zero-order chi connectivity index (χ0) is 13.1. The summed E-state index contributed by atoms with van der Waals surface area (Å²) >= 11 is 0. The van der Waals surface area contributed by atoms with Crippen LogP contribution in [0.4, 0.5) is 0 Å². The molecule has 0 aromatic rings. The van der Waals surface area contributed by atoms with Crippen LogP contribution in [0, 0.1) is 11.8 Å². The summed E-state index contributed by atoms with van der Waals surface area (Å²) in [7, 11) is 0. The summed E-state index contributed by atoms with van der Waals surface area (Å²) < 4.78 is 0. The summed E-state index contributed by atoms with van der Waals surface area (Å²) in [6, 6.07) is 0. The van der Waals surface area contributed by atoms with Crippen molar-refractivity contribution in [1.29, 1.82) is 0 Å². The number of carbonyl (C=O) groups excluding carboxylic acids is 1. The van der Waals surface area contributed by atoms with Gasteiger partial charge in [0.05, 0.1) is 5.92 Å². The normalized spacial score (nSPS) is 18.9. The topological polar surface area (TPSA) is 87.7 Å². The molecule has 1 amide bonds. The highest BCUT2D eigenvalue weighted by Crippen LogP contribution is 2.39. The Morgan fingerprint density at radius 2 is 2.18 bits per heavy atom. The molecular formula is C12H23N3O2. The number of hydrogen-bond acceptors (Lipinski definition) is 3. The minimum atomic E-state index is -0.525. The Balaban J connectivity index is 2.64. The average Bonchev–Trinajstić information content (AvgIpc) is 3.07. The summed E-state index contributed by atoms with van der Waals surface area (Å²) in [4.78, 5) is 12.1. The van der Waals surface area contributed by atoms with E-state index in [1.165, 1.54) is 0 Å². The molecule has 0 aliphatic heterocycles. The lowest BCUT2D eigenvalue weighted by molar-refractivity contribution is -0.125. The van der Waals surface area contributed by atoms with Crippen molar-refractivity contribution in [3.8, 4) is 0 Å². The van der Waals surface area contributed by atoms with Crippen LogP contribution in [0.2, 0.25) is 0 Å². The number of amides is 1. The number of nitrogens with zero attached hydrogens (tertiary/aromatic N) is 1. The van der Waals surface area contributed by atoms with E-state index in [0.29, 0.717) is 12.3 Å². The Labute approximate surface area is 102 Å². The molecule has 0 radical (unpaired) electrons. The number of hydrogen-bond donors (Lipinski definition) is 3. The molecule has 5 nitrogen and oxygen atoms in total. The van der Waals surface area contributed by atoms with E-state index in [2.05, 4.69) is 10.5 Å². The van der Waals surface area contributed by atoms with Gasteiger partial charge in [-0.15, -0.1) is 0 Å². The van der Waals surface area contributed by atoms with E-state index in [9.17, 15) is 4.79 Å². The largest absolute Gasteiger partial charge is 0.409 e. The first-order valence-electron chi connectivity index (χ1n) is 6.21. The van der Waals surface area contributed by atoms with Crippen molar-refractivity contribution in [1.82, 2.24) is 5.32 Å². The molecule has 4 N–H and O–H groups in total. The fourth-order valence-electron chi connectivity index (χ4n) is 2.08. The second-order valence-electron chi connectivity index (χ2n) is 5.35. The van der Waals surface area contributed by atoms with Crippen LogP contribution in [-0.2, 0) is 4.79 Å². The highest BCUT2D eigenvalue weighted by Gasteiger charge is 2.40. The fourth-order valence-corrected chi connectivity index (χ4v) is 2.08. The maximum absolute atomic E-state index is 12.1. The van der Waals surface area contributed by atoms with Crippen LogP contribution in [0.5, 0.6) is 0 Å². The summed E-state index contributed by atoms with van der Waals surface area (Å²) in [5.74, 6) is -0.112. The minimum absolute atomic E-state index is 0.00375. The maximum Gasteiger partial charge on any atom is 0.231 e. The first-order chi connectivity index (χ1) is 7.92. The molecule has 1 aliphatic carbocycles. The van der Waals surface area contributed by atoms with Crippen molar-refractivity contribution < 1.29 is 10.0 Å². The van der Waals surface area contributed by atoms with Gasteiger partial charge in [0.2, 0.25) is 5.91 Å². The SMILES string of the molecule is CCCC(C(=O)NC(C)(C)C1CC1)C(N)=NO. The van der Waals surface area contributed by atoms with Gasteiger partial charge in [0.25, 0.3) is 0 Å². The molecule has 0 aromatic heterocycles. The van der Waals surface area contributed by atoms with E-state index < -0.39 is 5.92 Å². The third-order valence-electron chi connectivity index (χ3n) is 3.41. The van der Waals surface area contributed by atoms with E-state index in [1.54, 1.807) is 0 Å². The quantitative estimate of drug-likeness (QED) is 0.285. The molecule has 1 fully saturated rings. The number of amidine groups is 1. The minimum Gasteiger partial charge on any atom is -0.409 e. The van der Waals surface area contributed by atoms with E-state index in [4.69, 9.17) is 10.9 Å². The van der Waals surface area contributed by atoms with Crippen molar-refractivity contribution in [2.75, 3.05) is 0 Å².